The number of hydrogen-bond acceptors (Lipinski definition) is 6. The highest BCUT2D eigenvalue weighted by Gasteiger charge is 2.41. The number of carbonyl (C=O) groups excluding carboxylic acids is 2. The van der Waals surface area contributed by atoms with Crippen molar-refractivity contribution in [3.63, 3.8) is 0 Å². The van der Waals surface area contributed by atoms with Crippen LogP contribution >= 0.6 is 0 Å². The Balaban J connectivity index is 1.71. The Hall–Kier alpha value is -2.09. The van der Waals surface area contributed by atoms with E-state index in [0.29, 0.717) is 18.5 Å². The lowest BCUT2D eigenvalue weighted by atomic mass is 9.76. The first-order chi connectivity index (χ1) is 14.3. The lowest BCUT2D eigenvalue weighted by molar-refractivity contribution is -0.125. The first-order valence-corrected chi connectivity index (χ1v) is 10.3. The van der Waals surface area contributed by atoms with Gasteiger partial charge in [-0.3, -0.25) is 9.59 Å². The van der Waals surface area contributed by atoms with E-state index in [4.69, 9.17) is 4.74 Å². The van der Waals surface area contributed by atoms with Crippen molar-refractivity contribution in [1.82, 2.24) is 21.3 Å². The number of ether oxygens (including phenoxy) is 1. The highest BCUT2D eigenvalue weighted by Crippen LogP contribution is 2.32. The molecule has 0 aliphatic carbocycles. The largest absolute Gasteiger partial charge is 0.382 e. The molecule has 2 saturated heterocycles. The van der Waals surface area contributed by atoms with E-state index in [2.05, 4.69) is 27.3 Å². The Kier molecular flexibility index (Phi) is 7.39. The second kappa shape index (κ2) is 9.81. The van der Waals surface area contributed by atoms with Crippen LogP contribution in [0.15, 0.2) is 11.1 Å². The summed E-state index contributed by atoms with van der Waals surface area (Å²) in [5.41, 5.74) is 1.05. The number of halogens is 2. The van der Waals surface area contributed by atoms with Gasteiger partial charge >= 0.3 is 0 Å². The minimum atomic E-state index is -1.46. The maximum atomic E-state index is 14.4. The van der Waals surface area contributed by atoms with Crippen molar-refractivity contribution in [2.24, 2.45) is 5.92 Å². The predicted molar refractivity (Wildman–Crippen MR) is 105 cm³/mol. The minimum Gasteiger partial charge on any atom is -0.382 e. The Morgan fingerprint density at radius 1 is 1.40 bits per heavy atom. The van der Waals surface area contributed by atoms with Crippen molar-refractivity contribution in [3.05, 3.63) is 11.1 Å². The van der Waals surface area contributed by atoms with Gasteiger partial charge in [0.25, 0.3) is 0 Å². The van der Waals surface area contributed by atoms with E-state index in [1.807, 2.05) is 0 Å². The predicted octanol–water partition coefficient (Wildman–Crippen LogP) is -0.138. The van der Waals surface area contributed by atoms with Crippen LogP contribution in [0.3, 0.4) is 0 Å². The zero-order chi connectivity index (χ0) is 21.8. The molecule has 8 nitrogen and oxygen atoms in total. The van der Waals surface area contributed by atoms with Gasteiger partial charge < -0.3 is 26.0 Å². The average molecular weight is 425 g/mol. The molecule has 2 amide bonds. The number of alkyl halides is 2. The molecule has 7 atom stereocenters. The molecule has 166 valence electrons. The Morgan fingerprint density at radius 2 is 2.17 bits per heavy atom. The number of hydrogen-bond donors (Lipinski definition) is 4. The van der Waals surface area contributed by atoms with Gasteiger partial charge in [0, 0.05) is 37.6 Å². The van der Waals surface area contributed by atoms with Gasteiger partial charge in [-0.05, 0) is 19.9 Å². The smallest absolute Gasteiger partial charge is 0.247 e. The first kappa shape index (κ1) is 22.6. The standard InChI is InChI=1S/C20H29F2N5O3/c1-10-12(20(29)27-14-3-4-24-15(7-23)18(10)14)6-17(28)26-16(9-30-2)19-13(22)5-11(21)8-25-19/h11,13-16,18-19,24-25H,3-6,8-9H2,1-2H3,(H,26,28)(H,27,29)/t11?,13?,14?,15?,16-,18?,19?/m0/s1. The molecule has 3 aliphatic heterocycles. The van der Waals surface area contributed by atoms with Crippen LogP contribution in [0, 0.1) is 17.2 Å². The molecule has 0 aromatic heterocycles. The number of rotatable bonds is 6. The van der Waals surface area contributed by atoms with Gasteiger partial charge in [0.1, 0.15) is 18.4 Å². The summed E-state index contributed by atoms with van der Waals surface area (Å²) >= 11 is 0. The summed E-state index contributed by atoms with van der Waals surface area (Å²) in [6.45, 7) is 2.49. The van der Waals surface area contributed by atoms with Crippen LogP contribution in [0.2, 0.25) is 0 Å². The highest BCUT2D eigenvalue weighted by molar-refractivity contribution is 6.00. The summed E-state index contributed by atoms with van der Waals surface area (Å²) in [6.07, 6.45) is -2.43. The summed E-state index contributed by atoms with van der Waals surface area (Å²) in [5, 5.41) is 21.0. The average Bonchev–Trinajstić information content (AvgIpc) is 2.70. The zero-order valence-electron chi connectivity index (χ0n) is 17.2. The number of methoxy groups -OCH3 is 1. The molecular weight excluding hydrogens is 396 g/mol. The van der Waals surface area contributed by atoms with Crippen molar-refractivity contribution in [2.45, 2.75) is 62.7 Å². The number of nitriles is 1. The number of nitrogens with zero attached hydrogens (tertiary/aromatic N) is 1. The van der Waals surface area contributed by atoms with E-state index >= 15 is 0 Å². The second-order valence-electron chi connectivity index (χ2n) is 8.21. The van der Waals surface area contributed by atoms with Gasteiger partial charge in [0.15, 0.2) is 0 Å². The number of carbonyl (C=O) groups is 2. The highest BCUT2D eigenvalue weighted by atomic mass is 19.1. The van der Waals surface area contributed by atoms with E-state index in [9.17, 15) is 23.6 Å². The summed E-state index contributed by atoms with van der Waals surface area (Å²) in [5.74, 6) is -0.963. The molecule has 6 unspecified atom stereocenters. The quantitative estimate of drug-likeness (QED) is 0.471. The maximum Gasteiger partial charge on any atom is 0.247 e. The molecule has 3 rings (SSSR count). The second-order valence-corrected chi connectivity index (χ2v) is 8.21. The van der Waals surface area contributed by atoms with Crippen LogP contribution in [0.5, 0.6) is 0 Å². The zero-order valence-corrected chi connectivity index (χ0v) is 17.2. The van der Waals surface area contributed by atoms with Crippen LogP contribution in [-0.2, 0) is 14.3 Å². The Morgan fingerprint density at radius 3 is 2.83 bits per heavy atom. The number of nitrogens with one attached hydrogen (secondary N) is 4. The van der Waals surface area contributed by atoms with E-state index < -0.39 is 36.4 Å². The van der Waals surface area contributed by atoms with Crippen molar-refractivity contribution in [3.8, 4) is 6.07 Å². The molecule has 0 aromatic rings. The fourth-order valence-corrected chi connectivity index (χ4v) is 4.72. The lowest BCUT2D eigenvalue weighted by Gasteiger charge is -2.41. The van der Waals surface area contributed by atoms with Crippen LogP contribution in [0.25, 0.3) is 0 Å². The van der Waals surface area contributed by atoms with E-state index in [-0.39, 0.29) is 43.9 Å². The minimum absolute atomic E-state index is 0.0133. The molecular formula is C20H29F2N5O3. The topological polar surface area (TPSA) is 115 Å². The van der Waals surface area contributed by atoms with Gasteiger partial charge in [-0.2, -0.15) is 5.26 Å². The Bertz CT molecular complexity index is 740. The number of amides is 2. The third kappa shape index (κ3) is 4.79. The fraction of sp³-hybridized carbons (Fsp3) is 0.750. The third-order valence-electron chi connectivity index (χ3n) is 6.23. The van der Waals surface area contributed by atoms with Crippen molar-refractivity contribution >= 4 is 11.8 Å². The molecule has 0 bridgehead atoms. The normalized spacial score (nSPS) is 35.1. The molecule has 30 heavy (non-hydrogen) atoms. The van der Waals surface area contributed by atoms with Crippen molar-refractivity contribution < 1.29 is 23.1 Å². The van der Waals surface area contributed by atoms with Gasteiger partial charge in [-0.25, -0.2) is 8.78 Å². The third-order valence-corrected chi connectivity index (χ3v) is 6.23. The van der Waals surface area contributed by atoms with E-state index in [0.717, 1.165) is 5.57 Å². The molecule has 4 N–H and O–H groups in total. The van der Waals surface area contributed by atoms with E-state index in [1.54, 1.807) is 6.92 Å². The monoisotopic (exact) mass is 425 g/mol. The van der Waals surface area contributed by atoms with Gasteiger partial charge in [-0.1, -0.05) is 5.57 Å². The van der Waals surface area contributed by atoms with Gasteiger partial charge in [-0.15, -0.1) is 0 Å². The molecule has 10 heteroatoms. The molecule has 3 aliphatic rings. The van der Waals surface area contributed by atoms with E-state index in [1.165, 1.54) is 7.11 Å². The summed E-state index contributed by atoms with van der Waals surface area (Å²) in [6, 6.07) is 0.186. The maximum absolute atomic E-state index is 14.4. The molecule has 0 radical (unpaired) electrons. The summed E-state index contributed by atoms with van der Waals surface area (Å²) in [7, 11) is 1.44. The molecule has 0 aromatic carbocycles. The van der Waals surface area contributed by atoms with Crippen molar-refractivity contribution in [1.29, 1.82) is 5.26 Å². The van der Waals surface area contributed by atoms with Crippen LogP contribution in [-0.4, -0.2) is 75.1 Å². The fourth-order valence-electron chi connectivity index (χ4n) is 4.72. The van der Waals surface area contributed by atoms with Crippen LogP contribution in [0.1, 0.15) is 26.2 Å². The Labute approximate surface area is 174 Å². The van der Waals surface area contributed by atoms with Gasteiger partial charge in [0.05, 0.1) is 31.2 Å². The number of piperidine rings is 2. The molecule has 3 heterocycles. The summed E-state index contributed by atoms with van der Waals surface area (Å²) in [4.78, 5) is 25.3. The SMILES string of the molecule is COC[C@H](NC(=O)CC1=C(C)C2C(C#N)NCCC2NC1=O)C1NCC(F)CC1F. The lowest BCUT2D eigenvalue weighted by Crippen LogP contribution is -2.61. The van der Waals surface area contributed by atoms with Crippen molar-refractivity contribution in [2.75, 3.05) is 26.8 Å². The first-order valence-electron chi connectivity index (χ1n) is 10.3. The molecule has 0 saturated carbocycles. The van der Waals surface area contributed by atoms with Crippen LogP contribution in [0.4, 0.5) is 8.78 Å². The molecule has 0 spiro atoms. The molecule has 2 fully saturated rings. The summed E-state index contributed by atoms with van der Waals surface area (Å²) < 4.78 is 32.9. The van der Waals surface area contributed by atoms with Gasteiger partial charge in [0.2, 0.25) is 11.8 Å². The number of fused-ring (bicyclic) bond motifs is 1. The van der Waals surface area contributed by atoms with Crippen LogP contribution < -0.4 is 21.3 Å².